The summed E-state index contributed by atoms with van der Waals surface area (Å²) in [7, 11) is 1.30. The van der Waals surface area contributed by atoms with Crippen molar-refractivity contribution in [3.63, 3.8) is 0 Å². The molecule has 0 aliphatic carbocycles. The van der Waals surface area contributed by atoms with Gasteiger partial charge >= 0.3 is 5.97 Å². The molecule has 1 aromatic carbocycles. The second-order valence-electron chi connectivity index (χ2n) is 5.48. The number of rotatable bonds is 7. The summed E-state index contributed by atoms with van der Waals surface area (Å²) >= 11 is 7.13. The predicted octanol–water partition coefficient (Wildman–Crippen LogP) is 3.40. The van der Waals surface area contributed by atoms with E-state index in [1.54, 1.807) is 34.5 Å². The highest BCUT2D eigenvalue weighted by molar-refractivity contribution is 7.09. The first-order valence-electron chi connectivity index (χ1n) is 7.61. The first kappa shape index (κ1) is 19.2. The van der Waals surface area contributed by atoms with Gasteiger partial charge < -0.3 is 14.4 Å². The fourth-order valence-electron chi connectivity index (χ4n) is 2.05. The van der Waals surface area contributed by atoms with Gasteiger partial charge in [-0.05, 0) is 38.1 Å². The highest BCUT2D eigenvalue weighted by Gasteiger charge is 2.20. The van der Waals surface area contributed by atoms with Gasteiger partial charge in [0, 0.05) is 16.4 Å². The van der Waals surface area contributed by atoms with Crippen molar-refractivity contribution in [1.82, 2.24) is 9.88 Å². The molecule has 0 spiro atoms. The van der Waals surface area contributed by atoms with E-state index < -0.39 is 5.97 Å². The third-order valence-corrected chi connectivity index (χ3v) is 4.46. The SMILES string of the molecule is COC(=O)c1csc(CN(C(=O)COc2ccc(Cl)cc2)C(C)C)n1. The van der Waals surface area contributed by atoms with Gasteiger partial charge in [-0.15, -0.1) is 11.3 Å². The number of thiazole rings is 1. The minimum absolute atomic E-state index is 0.0354. The highest BCUT2D eigenvalue weighted by Crippen LogP contribution is 2.17. The smallest absolute Gasteiger partial charge is 0.357 e. The lowest BCUT2D eigenvalue weighted by atomic mass is 10.3. The van der Waals surface area contributed by atoms with Gasteiger partial charge in [0.05, 0.1) is 13.7 Å². The molecule has 0 saturated heterocycles. The number of esters is 1. The van der Waals surface area contributed by atoms with Crippen molar-refractivity contribution in [3.05, 3.63) is 45.4 Å². The number of carbonyl (C=O) groups is 2. The summed E-state index contributed by atoms with van der Waals surface area (Å²) in [5.41, 5.74) is 0.246. The minimum atomic E-state index is -0.490. The van der Waals surface area contributed by atoms with Gasteiger partial charge in [0.1, 0.15) is 10.8 Å². The number of carbonyl (C=O) groups excluding carboxylic acids is 2. The third-order valence-electron chi connectivity index (χ3n) is 3.37. The molecule has 6 nitrogen and oxygen atoms in total. The molecule has 25 heavy (non-hydrogen) atoms. The van der Waals surface area contributed by atoms with Crippen LogP contribution < -0.4 is 4.74 Å². The maximum absolute atomic E-state index is 12.5. The average Bonchev–Trinajstić information content (AvgIpc) is 3.06. The zero-order valence-electron chi connectivity index (χ0n) is 14.2. The molecule has 2 rings (SSSR count). The number of amides is 1. The van der Waals surface area contributed by atoms with Crippen LogP contribution in [-0.2, 0) is 16.1 Å². The highest BCUT2D eigenvalue weighted by atomic mass is 35.5. The summed E-state index contributed by atoms with van der Waals surface area (Å²) in [6.45, 7) is 4.04. The number of halogens is 1. The van der Waals surface area contributed by atoms with Crippen molar-refractivity contribution in [2.75, 3.05) is 13.7 Å². The maximum atomic E-state index is 12.5. The van der Waals surface area contributed by atoms with Gasteiger partial charge in [-0.3, -0.25) is 4.79 Å². The molecule has 0 unspecified atom stereocenters. The van der Waals surface area contributed by atoms with Crippen LogP contribution in [0.3, 0.4) is 0 Å². The molecule has 1 aromatic heterocycles. The Labute approximate surface area is 155 Å². The summed E-state index contributed by atoms with van der Waals surface area (Å²) in [5, 5.41) is 2.88. The van der Waals surface area contributed by atoms with Crippen molar-refractivity contribution < 1.29 is 19.1 Å². The lowest BCUT2D eigenvalue weighted by Crippen LogP contribution is -2.39. The topological polar surface area (TPSA) is 68.7 Å². The van der Waals surface area contributed by atoms with E-state index in [1.807, 2.05) is 13.8 Å². The number of ether oxygens (including phenoxy) is 2. The van der Waals surface area contributed by atoms with Gasteiger partial charge in [0.15, 0.2) is 12.3 Å². The van der Waals surface area contributed by atoms with Crippen LogP contribution in [0, 0.1) is 0 Å². The van der Waals surface area contributed by atoms with Crippen LogP contribution in [0.1, 0.15) is 29.3 Å². The van der Waals surface area contributed by atoms with Crippen molar-refractivity contribution in [3.8, 4) is 5.75 Å². The monoisotopic (exact) mass is 382 g/mol. The number of hydrogen-bond acceptors (Lipinski definition) is 6. The van der Waals surface area contributed by atoms with E-state index in [4.69, 9.17) is 16.3 Å². The molecule has 8 heteroatoms. The lowest BCUT2D eigenvalue weighted by molar-refractivity contribution is -0.135. The Kier molecular flexibility index (Phi) is 6.78. The summed E-state index contributed by atoms with van der Waals surface area (Å²) in [5.74, 6) is -0.0838. The van der Waals surface area contributed by atoms with Crippen LogP contribution in [-0.4, -0.2) is 41.5 Å². The summed E-state index contributed by atoms with van der Waals surface area (Å²) in [4.78, 5) is 29.8. The molecule has 0 radical (unpaired) electrons. The Morgan fingerprint density at radius 1 is 1.28 bits per heavy atom. The molecule has 2 aromatic rings. The second-order valence-corrected chi connectivity index (χ2v) is 6.86. The van der Waals surface area contributed by atoms with Crippen molar-refractivity contribution in [2.45, 2.75) is 26.4 Å². The molecule has 0 aliphatic heterocycles. The van der Waals surface area contributed by atoms with Crippen LogP contribution in [0.15, 0.2) is 29.6 Å². The average molecular weight is 383 g/mol. The molecular formula is C17H19ClN2O4S. The molecule has 1 heterocycles. The van der Waals surface area contributed by atoms with E-state index in [1.165, 1.54) is 18.4 Å². The van der Waals surface area contributed by atoms with Crippen molar-refractivity contribution >= 4 is 34.8 Å². The standard InChI is InChI=1S/C17H19ClN2O4S/c1-11(2)20(8-15-19-14(10-25-15)17(22)23-3)16(21)9-24-13-6-4-12(18)5-7-13/h4-7,10-11H,8-9H2,1-3H3. The normalized spacial score (nSPS) is 10.6. The van der Waals surface area contributed by atoms with E-state index in [2.05, 4.69) is 9.72 Å². The minimum Gasteiger partial charge on any atom is -0.484 e. The molecule has 0 N–H and O–H groups in total. The number of methoxy groups -OCH3 is 1. The molecule has 0 aliphatic rings. The Morgan fingerprint density at radius 2 is 1.96 bits per heavy atom. The molecule has 134 valence electrons. The maximum Gasteiger partial charge on any atom is 0.357 e. The van der Waals surface area contributed by atoms with Gasteiger partial charge in [0.25, 0.3) is 5.91 Å². The number of aromatic nitrogens is 1. The summed E-state index contributed by atoms with van der Waals surface area (Å²) in [6.07, 6.45) is 0. The van der Waals surface area contributed by atoms with Crippen LogP contribution >= 0.6 is 22.9 Å². The number of benzene rings is 1. The van der Waals surface area contributed by atoms with Crippen molar-refractivity contribution in [1.29, 1.82) is 0 Å². The van der Waals surface area contributed by atoms with E-state index in [-0.39, 0.29) is 24.2 Å². The Morgan fingerprint density at radius 3 is 2.56 bits per heavy atom. The van der Waals surface area contributed by atoms with Crippen LogP contribution in [0.2, 0.25) is 5.02 Å². The summed E-state index contributed by atoms with van der Waals surface area (Å²) < 4.78 is 10.2. The van der Waals surface area contributed by atoms with Gasteiger partial charge in [-0.2, -0.15) is 0 Å². The van der Waals surface area contributed by atoms with Gasteiger partial charge in [-0.1, -0.05) is 11.6 Å². The molecule has 0 atom stereocenters. The quantitative estimate of drug-likeness (QED) is 0.686. The fraction of sp³-hybridized carbons (Fsp3) is 0.353. The largest absolute Gasteiger partial charge is 0.484 e. The van der Waals surface area contributed by atoms with E-state index in [9.17, 15) is 9.59 Å². The molecule has 0 bridgehead atoms. The zero-order chi connectivity index (χ0) is 18.4. The Hall–Kier alpha value is -2.12. The number of nitrogens with zero attached hydrogens (tertiary/aromatic N) is 2. The fourth-order valence-corrected chi connectivity index (χ4v) is 2.93. The first-order chi connectivity index (χ1) is 11.9. The Bertz CT molecular complexity index is 731. The van der Waals surface area contributed by atoms with Crippen LogP contribution in [0.25, 0.3) is 0 Å². The summed E-state index contributed by atoms with van der Waals surface area (Å²) in [6, 6.07) is 6.78. The predicted molar refractivity (Wildman–Crippen MR) is 96.1 cm³/mol. The van der Waals surface area contributed by atoms with E-state index in [0.29, 0.717) is 22.3 Å². The van der Waals surface area contributed by atoms with Gasteiger partial charge in [0.2, 0.25) is 0 Å². The molecular weight excluding hydrogens is 364 g/mol. The molecule has 0 saturated carbocycles. The third kappa shape index (κ3) is 5.44. The van der Waals surface area contributed by atoms with Crippen molar-refractivity contribution in [2.24, 2.45) is 0 Å². The Balaban J connectivity index is 1.99. The van der Waals surface area contributed by atoms with E-state index >= 15 is 0 Å². The zero-order valence-corrected chi connectivity index (χ0v) is 15.8. The first-order valence-corrected chi connectivity index (χ1v) is 8.87. The molecule has 0 fully saturated rings. The second kappa shape index (κ2) is 8.82. The van der Waals surface area contributed by atoms with E-state index in [0.717, 1.165) is 0 Å². The van der Waals surface area contributed by atoms with Crippen LogP contribution in [0.4, 0.5) is 0 Å². The lowest BCUT2D eigenvalue weighted by Gasteiger charge is -2.25. The number of hydrogen-bond donors (Lipinski definition) is 0. The van der Waals surface area contributed by atoms with Gasteiger partial charge in [-0.25, -0.2) is 9.78 Å². The van der Waals surface area contributed by atoms with Crippen LogP contribution in [0.5, 0.6) is 5.75 Å². The molecule has 1 amide bonds.